The first-order valence-corrected chi connectivity index (χ1v) is 9.50. The number of amides is 1. The van der Waals surface area contributed by atoms with Gasteiger partial charge in [-0.3, -0.25) is 9.59 Å². The summed E-state index contributed by atoms with van der Waals surface area (Å²) >= 11 is 0. The fourth-order valence-corrected chi connectivity index (χ4v) is 3.44. The van der Waals surface area contributed by atoms with E-state index < -0.39 is 11.4 Å². The maximum absolute atomic E-state index is 11.8. The number of primary amides is 1. The molecule has 1 aromatic carbocycles. The lowest BCUT2D eigenvalue weighted by molar-refractivity contribution is -0.109. The van der Waals surface area contributed by atoms with Crippen molar-refractivity contribution in [3.05, 3.63) is 54.0 Å². The second-order valence-electron chi connectivity index (χ2n) is 7.58. The minimum Gasteiger partial charge on any atom is -0.404 e. The molecule has 1 heterocycles. The van der Waals surface area contributed by atoms with E-state index in [1.54, 1.807) is 24.3 Å². The normalized spacial score (nSPS) is 20.2. The Hall–Kier alpha value is -3.75. The molecule has 0 saturated heterocycles. The Labute approximate surface area is 174 Å². The summed E-state index contributed by atoms with van der Waals surface area (Å²) in [6, 6.07) is 6.55. The second-order valence-corrected chi connectivity index (χ2v) is 7.58. The molecule has 30 heavy (non-hydrogen) atoms. The van der Waals surface area contributed by atoms with Crippen molar-refractivity contribution in [1.29, 1.82) is 0 Å². The minimum atomic E-state index is -0.743. The first-order chi connectivity index (χ1) is 14.3. The third-order valence-corrected chi connectivity index (χ3v) is 5.12. The van der Waals surface area contributed by atoms with E-state index in [4.69, 9.17) is 11.5 Å². The van der Waals surface area contributed by atoms with Crippen molar-refractivity contribution in [2.75, 3.05) is 10.6 Å². The van der Waals surface area contributed by atoms with Crippen LogP contribution in [0.15, 0.2) is 42.7 Å². The first-order valence-electron chi connectivity index (χ1n) is 9.50. The summed E-state index contributed by atoms with van der Waals surface area (Å²) in [4.78, 5) is 43.8. The molecular formula is C21H24N6O3. The summed E-state index contributed by atoms with van der Waals surface area (Å²) in [5.74, 6) is 0.0863. The molecule has 1 saturated carbocycles. The standard InChI is InChI=1S/C21H24N6O3/c1-12(2)15-9-21(15,11-28)27-17-10-24-18(19(23)30)20(26-17)25-14-5-3-13(4-6-14)16(29)7-8-22/h3-8,10-12,15H,9,22H2,1-2H3,(H2,23,30)(H2,25,26,27)/b8-7-/t15?,21-/m1/s1. The number of hydrogen-bond acceptors (Lipinski definition) is 8. The van der Waals surface area contributed by atoms with E-state index in [2.05, 4.69) is 34.4 Å². The lowest BCUT2D eigenvalue weighted by Crippen LogP contribution is -2.28. The maximum Gasteiger partial charge on any atom is 0.271 e. The van der Waals surface area contributed by atoms with Crippen molar-refractivity contribution in [2.45, 2.75) is 25.8 Å². The van der Waals surface area contributed by atoms with Crippen LogP contribution >= 0.6 is 0 Å². The van der Waals surface area contributed by atoms with E-state index in [0.717, 1.165) is 6.29 Å². The summed E-state index contributed by atoms with van der Waals surface area (Å²) in [6.45, 7) is 4.12. The van der Waals surface area contributed by atoms with Gasteiger partial charge in [-0.1, -0.05) is 13.8 Å². The van der Waals surface area contributed by atoms with Gasteiger partial charge < -0.3 is 26.9 Å². The van der Waals surface area contributed by atoms with Crippen molar-refractivity contribution in [3.63, 3.8) is 0 Å². The Morgan fingerprint density at radius 2 is 1.97 bits per heavy atom. The molecule has 0 bridgehead atoms. The summed E-state index contributed by atoms with van der Waals surface area (Å²) in [6.07, 6.45) is 5.44. The molecule has 3 rings (SSSR count). The molecular weight excluding hydrogens is 384 g/mol. The topological polar surface area (TPSA) is 153 Å². The van der Waals surface area contributed by atoms with Gasteiger partial charge in [0, 0.05) is 17.3 Å². The van der Waals surface area contributed by atoms with Crippen molar-refractivity contribution in [1.82, 2.24) is 9.97 Å². The van der Waals surface area contributed by atoms with Crippen molar-refractivity contribution >= 4 is 35.3 Å². The van der Waals surface area contributed by atoms with Gasteiger partial charge in [0.1, 0.15) is 12.1 Å². The molecule has 0 radical (unpaired) electrons. The van der Waals surface area contributed by atoms with Gasteiger partial charge in [-0.2, -0.15) is 0 Å². The number of anilines is 3. The molecule has 6 N–H and O–H groups in total. The number of benzene rings is 1. The van der Waals surface area contributed by atoms with Gasteiger partial charge in [0.05, 0.1) is 11.7 Å². The summed E-state index contributed by atoms with van der Waals surface area (Å²) < 4.78 is 0. The average molecular weight is 408 g/mol. The van der Waals surface area contributed by atoms with E-state index in [0.29, 0.717) is 29.4 Å². The van der Waals surface area contributed by atoms with Crippen LogP contribution in [0.3, 0.4) is 0 Å². The molecule has 1 aromatic heterocycles. The van der Waals surface area contributed by atoms with Crippen molar-refractivity contribution in [3.8, 4) is 0 Å². The molecule has 1 aliphatic carbocycles. The van der Waals surface area contributed by atoms with E-state index in [9.17, 15) is 14.4 Å². The van der Waals surface area contributed by atoms with Crippen LogP contribution in [0.5, 0.6) is 0 Å². The second kappa shape index (κ2) is 8.32. The van der Waals surface area contributed by atoms with Crippen LogP contribution in [0.25, 0.3) is 0 Å². The summed E-state index contributed by atoms with van der Waals surface area (Å²) in [7, 11) is 0. The van der Waals surface area contributed by atoms with Gasteiger partial charge in [-0.25, -0.2) is 9.97 Å². The summed E-state index contributed by atoms with van der Waals surface area (Å²) in [5, 5.41) is 6.14. The number of carbonyl (C=O) groups excluding carboxylic acids is 3. The Morgan fingerprint density at radius 1 is 1.27 bits per heavy atom. The molecule has 0 aliphatic heterocycles. The Kier molecular flexibility index (Phi) is 5.81. The van der Waals surface area contributed by atoms with E-state index in [1.165, 1.54) is 18.5 Å². The fraction of sp³-hybridized carbons (Fsp3) is 0.286. The van der Waals surface area contributed by atoms with Crippen LogP contribution in [-0.2, 0) is 4.79 Å². The highest BCUT2D eigenvalue weighted by molar-refractivity contribution is 6.04. The molecule has 0 spiro atoms. The zero-order chi connectivity index (χ0) is 21.9. The van der Waals surface area contributed by atoms with Crippen LogP contribution in [0.4, 0.5) is 17.3 Å². The number of allylic oxidation sites excluding steroid dienone is 1. The van der Waals surface area contributed by atoms with Gasteiger partial charge in [-0.15, -0.1) is 0 Å². The van der Waals surface area contributed by atoms with Gasteiger partial charge in [0.15, 0.2) is 17.3 Å². The molecule has 1 unspecified atom stereocenters. The number of rotatable bonds is 9. The first kappa shape index (κ1) is 21.0. The number of aromatic nitrogens is 2. The highest BCUT2D eigenvalue weighted by atomic mass is 16.1. The highest BCUT2D eigenvalue weighted by Crippen LogP contribution is 2.48. The molecule has 156 valence electrons. The highest BCUT2D eigenvalue weighted by Gasteiger charge is 2.56. The van der Waals surface area contributed by atoms with Crippen LogP contribution < -0.4 is 22.1 Å². The lowest BCUT2D eigenvalue weighted by atomic mass is 10.0. The Balaban J connectivity index is 1.84. The Bertz CT molecular complexity index is 1000. The minimum absolute atomic E-state index is 0.0388. The SMILES string of the molecule is CC(C)C1C[C@]1(C=O)Nc1cnc(C(N)=O)c(Nc2ccc(C(=O)/C=C\N)cc2)n1. The monoisotopic (exact) mass is 408 g/mol. The predicted octanol–water partition coefficient (Wildman–Crippen LogP) is 2.00. The van der Waals surface area contributed by atoms with Gasteiger partial charge in [0.2, 0.25) is 0 Å². The van der Waals surface area contributed by atoms with Gasteiger partial charge >= 0.3 is 0 Å². The van der Waals surface area contributed by atoms with Crippen LogP contribution in [-0.4, -0.2) is 33.5 Å². The predicted molar refractivity (Wildman–Crippen MR) is 113 cm³/mol. The van der Waals surface area contributed by atoms with Crippen molar-refractivity contribution < 1.29 is 14.4 Å². The quantitative estimate of drug-likeness (QED) is 0.279. The number of carbonyl (C=O) groups is 3. The number of hydrogen-bond donors (Lipinski definition) is 4. The fourth-order valence-electron chi connectivity index (χ4n) is 3.44. The molecule has 2 aromatic rings. The lowest BCUT2D eigenvalue weighted by Gasteiger charge is -2.17. The van der Waals surface area contributed by atoms with Crippen LogP contribution in [0.2, 0.25) is 0 Å². The number of nitrogens with two attached hydrogens (primary N) is 2. The van der Waals surface area contributed by atoms with E-state index in [1.807, 2.05) is 0 Å². The van der Waals surface area contributed by atoms with Gasteiger partial charge in [0.25, 0.3) is 5.91 Å². The third-order valence-electron chi connectivity index (χ3n) is 5.12. The molecule has 1 fully saturated rings. The smallest absolute Gasteiger partial charge is 0.271 e. The zero-order valence-electron chi connectivity index (χ0n) is 16.8. The largest absolute Gasteiger partial charge is 0.404 e. The summed E-state index contributed by atoms with van der Waals surface area (Å²) in [5.41, 5.74) is 11.0. The van der Waals surface area contributed by atoms with Crippen LogP contribution in [0, 0.1) is 11.8 Å². The Morgan fingerprint density at radius 3 is 2.50 bits per heavy atom. The molecule has 1 aliphatic rings. The van der Waals surface area contributed by atoms with Gasteiger partial charge in [-0.05, 0) is 48.7 Å². The third kappa shape index (κ3) is 4.29. The van der Waals surface area contributed by atoms with E-state index in [-0.39, 0.29) is 23.2 Å². The molecule has 2 atom stereocenters. The average Bonchev–Trinajstić information content (AvgIpc) is 3.43. The van der Waals surface area contributed by atoms with Crippen molar-refractivity contribution in [2.24, 2.45) is 23.3 Å². The molecule has 9 heteroatoms. The molecule has 9 nitrogen and oxygen atoms in total. The number of nitrogens with one attached hydrogen (secondary N) is 2. The van der Waals surface area contributed by atoms with E-state index >= 15 is 0 Å². The number of ketones is 1. The molecule has 1 amide bonds. The number of nitrogens with zero attached hydrogens (tertiary/aromatic N) is 2. The zero-order valence-corrected chi connectivity index (χ0v) is 16.8. The number of aldehydes is 1. The van der Waals surface area contributed by atoms with Crippen LogP contribution in [0.1, 0.15) is 41.1 Å². The maximum atomic E-state index is 11.8.